The molecule has 0 aromatic heterocycles. The van der Waals surface area contributed by atoms with Crippen molar-refractivity contribution in [3.63, 3.8) is 0 Å². The largest absolute Gasteiger partial charge is 0.143 e. The predicted molar refractivity (Wildman–Crippen MR) is 57.0 cm³/mol. The van der Waals surface area contributed by atoms with Gasteiger partial charge in [-0.2, -0.15) is 0 Å². The van der Waals surface area contributed by atoms with Crippen LogP contribution in [0.4, 0.5) is 0 Å². The fraction of sp³-hybridized carbons (Fsp3) is 0.455. The fourth-order valence-corrected chi connectivity index (χ4v) is 1.55. The number of unbranched alkanes of at least 4 members (excludes halogenated alkanes) is 1. The third-order valence-corrected chi connectivity index (χ3v) is 2.76. The van der Waals surface area contributed by atoms with Crippen LogP contribution >= 0.6 is 12.6 Å². The van der Waals surface area contributed by atoms with Gasteiger partial charge in [0, 0.05) is 4.90 Å². The van der Waals surface area contributed by atoms with Gasteiger partial charge in [-0.05, 0) is 30.9 Å². The molecule has 0 aliphatic heterocycles. The molecule has 0 spiro atoms. The van der Waals surface area contributed by atoms with Crippen LogP contribution in [0.1, 0.15) is 30.9 Å². The molecule has 0 aliphatic carbocycles. The van der Waals surface area contributed by atoms with Crippen molar-refractivity contribution < 1.29 is 0 Å². The molecule has 1 aromatic carbocycles. The molecule has 66 valence electrons. The molecule has 0 fully saturated rings. The van der Waals surface area contributed by atoms with Crippen LogP contribution in [-0.2, 0) is 6.42 Å². The summed E-state index contributed by atoms with van der Waals surface area (Å²) in [5.74, 6) is 0. The molecule has 0 radical (unpaired) electrons. The first-order valence-corrected chi connectivity index (χ1v) is 4.98. The van der Waals surface area contributed by atoms with E-state index < -0.39 is 0 Å². The Morgan fingerprint density at radius 3 is 2.75 bits per heavy atom. The summed E-state index contributed by atoms with van der Waals surface area (Å²) in [6, 6.07) is 6.39. The molecule has 0 aliphatic rings. The maximum absolute atomic E-state index is 4.48. The molecule has 1 rings (SSSR count). The van der Waals surface area contributed by atoms with Crippen LogP contribution in [0.25, 0.3) is 0 Å². The van der Waals surface area contributed by atoms with E-state index >= 15 is 0 Å². The quantitative estimate of drug-likeness (QED) is 0.675. The zero-order valence-corrected chi connectivity index (χ0v) is 8.70. The van der Waals surface area contributed by atoms with E-state index in [1.165, 1.54) is 28.9 Å². The minimum absolute atomic E-state index is 1.16. The molecule has 12 heavy (non-hydrogen) atoms. The van der Waals surface area contributed by atoms with E-state index in [0.717, 1.165) is 6.42 Å². The second-order valence-electron chi connectivity index (χ2n) is 3.19. The summed E-state index contributed by atoms with van der Waals surface area (Å²) in [5.41, 5.74) is 2.67. The Bertz CT molecular complexity index is 253. The Morgan fingerprint density at radius 1 is 1.33 bits per heavy atom. The topological polar surface area (TPSA) is 0 Å². The molecule has 0 N–H and O–H groups in total. The Hall–Kier alpha value is -0.430. The first-order valence-electron chi connectivity index (χ1n) is 4.53. The van der Waals surface area contributed by atoms with Crippen LogP contribution in [-0.4, -0.2) is 0 Å². The van der Waals surface area contributed by atoms with E-state index in [0.29, 0.717) is 0 Å². The standard InChI is InChI=1S/C11H16S/c1-3-4-7-10-8-5-6-9(2)11(10)12/h5-6,8,12H,3-4,7H2,1-2H3. The highest BCUT2D eigenvalue weighted by Gasteiger charge is 1.99. The van der Waals surface area contributed by atoms with E-state index in [9.17, 15) is 0 Å². The Balaban J connectivity index is 2.78. The maximum atomic E-state index is 4.48. The SMILES string of the molecule is CCCCc1cccc(C)c1S. The van der Waals surface area contributed by atoms with E-state index in [1.807, 2.05) is 0 Å². The maximum Gasteiger partial charge on any atom is 0.0101 e. The summed E-state index contributed by atoms with van der Waals surface area (Å²) in [6.07, 6.45) is 3.68. The van der Waals surface area contributed by atoms with Gasteiger partial charge < -0.3 is 0 Å². The first-order chi connectivity index (χ1) is 5.75. The Kier molecular flexibility index (Phi) is 3.67. The van der Waals surface area contributed by atoms with E-state index in [2.05, 4.69) is 44.7 Å². The number of hydrogen-bond donors (Lipinski definition) is 1. The van der Waals surface area contributed by atoms with Gasteiger partial charge in [0.05, 0.1) is 0 Å². The average molecular weight is 180 g/mol. The molecule has 1 heteroatoms. The number of aryl methyl sites for hydroxylation is 2. The lowest BCUT2D eigenvalue weighted by Crippen LogP contribution is -1.88. The smallest absolute Gasteiger partial charge is 0.0101 e. The second kappa shape index (κ2) is 4.56. The van der Waals surface area contributed by atoms with E-state index in [4.69, 9.17) is 0 Å². The van der Waals surface area contributed by atoms with Crippen molar-refractivity contribution in [2.75, 3.05) is 0 Å². The molecule has 0 saturated heterocycles. The van der Waals surface area contributed by atoms with Crippen molar-refractivity contribution in [2.24, 2.45) is 0 Å². The second-order valence-corrected chi connectivity index (χ2v) is 3.63. The summed E-state index contributed by atoms with van der Waals surface area (Å²) in [6.45, 7) is 4.33. The van der Waals surface area contributed by atoms with Crippen molar-refractivity contribution >= 4 is 12.6 Å². The molecule has 0 bridgehead atoms. The molecular formula is C11H16S. The lowest BCUT2D eigenvalue weighted by molar-refractivity contribution is 0.784. The molecule has 0 heterocycles. The molecule has 0 atom stereocenters. The van der Waals surface area contributed by atoms with Crippen LogP contribution in [0.15, 0.2) is 23.1 Å². The van der Waals surface area contributed by atoms with Crippen molar-refractivity contribution in [1.82, 2.24) is 0 Å². The van der Waals surface area contributed by atoms with Crippen LogP contribution in [0, 0.1) is 6.92 Å². The molecular weight excluding hydrogens is 164 g/mol. The van der Waals surface area contributed by atoms with Crippen LogP contribution in [0.3, 0.4) is 0 Å². The normalized spacial score (nSPS) is 10.2. The van der Waals surface area contributed by atoms with Crippen molar-refractivity contribution in [2.45, 2.75) is 38.0 Å². The van der Waals surface area contributed by atoms with Gasteiger partial charge in [0.2, 0.25) is 0 Å². The average Bonchev–Trinajstić information content (AvgIpc) is 2.08. The minimum Gasteiger partial charge on any atom is -0.143 e. The summed E-state index contributed by atoms with van der Waals surface area (Å²) >= 11 is 4.48. The van der Waals surface area contributed by atoms with Gasteiger partial charge >= 0.3 is 0 Å². The zero-order valence-electron chi connectivity index (χ0n) is 7.80. The van der Waals surface area contributed by atoms with Crippen molar-refractivity contribution in [1.29, 1.82) is 0 Å². The van der Waals surface area contributed by atoms with Gasteiger partial charge in [-0.15, -0.1) is 12.6 Å². The third-order valence-electron chi connectivity index (χ3n) is 2.12. The molecule has 0 amide bonds. The van der Waals surface area contributed by atoms with Gasteiger partial charge in [-0.25, -0.2) is 0 Å². The fourth-order valence-electron chi connectivity index (χ4n) is 1.29. The zero-order chi connectivity index (χ0) is 8.97. The van der Waals surface area contributed by atoms with E-state index in [-0.39, 0.29) is 0 Å². The first kappa shape index (κ1) is 9.66. The monoisotopic (exact) mass is 180 g/mol. The van der Waals surface area contributed by atoms with Gasteiger partial charge in [0.15, 0.2) is 0 Å². The minimum atomic E-state index is 1.16. The summed E-state index contributed by atoms with van der Waals surface area (Å²) < 4.78 is 0. The Labute approximate surface area is 80.4 Å². The molecule has 0 nitrogen and oxygen atoms in total. The van der Waals surface area contributed by atoms with Gasteiger partial charge in [0.25, 0.3) is 0 Å². The van der Waals surface area contributed by atoms with Crippen LogP contribution in [0.2, 0.25) is 0 Å². The summed E-state index contributed by atoms with van der Waals surface area (Å²) in [7, 11) is 0. The van der Waals surface area contributed by atoms with E-state index in [1.54, 1.807) is 0 Å². The molecule has 0 saturated carbocycles. The van der Waals surface area contributed by atoms with Gasteiger partial charge in [-0.1, -0.05) is 31.5 Å². The van der Waals surface area contributed by atoms with Crippen LogP contribution < -0.4 is 0 Å². The lowest BCUT2D eigenvalue weighted by atomic mass is 10.1. The predicted octanol–water partition coefficient (Wildman–Crippen LogP) is 3.63. The summed E-state index contributed by atoms with van der Waals surface area (Å²) in [4.78, 5) is 1.17. The Morgan fingerprint density at radius 2 is 2.08 bits per heavy atom. The highest BCUT2D eigenvalue weighted by atomic mass is 32.1. The van der Waals surface area contributed by atoms with Gasteiger partial charge in [-0.3, -0.25) is 0 Å². The number of benzene rings is 1. The number of thiol groups is 1. The number of hydrogen-bond acceptors (Lipinski definition) is 1. The van der Waals surface area contributed by atoms with Crippen LogP contribution in [0.5, 0.6) is 0 Å². The third kappa shape index (κ3) is 2.28. The van der Waals surface area contributed by atoms with Gasteiger partial charge in [0.1, 0.15) is 0 Å². The number of rotatable bonds is 3. The highest BCUT2D eigenvalue weighted by molar-refractivity contribution is 7.80. The molecule has 0 unspecified atom stereocenters. The molecule has 1 aromatic rings. The van der Waals surface area contributed by atoms with Crippen molar-refractivity contribution in [3.05, 3.63) is 29.3 Å². The highest BCUT2D eigenvalue weighted by Crippen LogP contribution is 2.19. The van der Waals surface area contributed by atoms with Crippen molar-refractivity contribution in [3.8, 4) is 0 Å². The lowest BCUT2D eigenvalue weighted by Gasteiger charge is -2.06. The summed E-state index contributed by atoms with van der Waals surface area (Å²) in [5, 5.41) is 0.